The Morgan fingerprint density at radius 1 is 1.03 bits per heavy atom. The van der Waals surface area contributed by atoms with Gasteiger partial charge in [0.25, 0.3) is 11.8 Å². The van der Waals surface area contributed by atoms with Gasteiger partial charge in [0.05, 0.1) is 18.4 Å². The number of rotatable bonds is 4. The Morgan fingerprint density at radius 2 is 1.74 bits per heavy atom. The summed E-state index contributed by atoms with van der Waals surface area (Å²) in [6, 6.07) is 4.83. The van der Waals surface area contributed by atoms with Crippen LogP contribution in [0.2, 0.25) is 0 Å². The fraction of sp³-hybridized carbons (Fsp3) is 0.586. The summed E-state index contributed by atoms with van der Waals surface area (Å²) in [5.41, 5.74) is 0.960. The molecule has 2 aliphatic heterocycles. The fourth-order valence-corrected chi connectivity index (χ4v) is 8.87. The van der Waals surface area contributed by atoms with Gasteiger partial charge in [-0.1, -0.05) is 43.0 Å². The summed E-state index contributed by atoms with van der Waals surface area (Å²) < 4.78 is 5.61. The van der Waals surface area contributed by atoms with E-state index in [2.05, 4.69) is 0 Å². The minimum absolute atomic E-state index is 0.0556. The van der Waals surface area contributed by atoms with Crippen LogP contribution in [0.4, 0.5) is 0 Å². The molecular formula is C29H32Cl2N2O6. The molecule has 0 bridgehead atoms. The van der Waals surface area contributed by atoms with Crippen LogP contribution in [-0.4, -0.2) is 68.0 Å². The van der Waals surface area contributed by atoms with Crippen LogP contribution in [0.5, 0.6) is 11.5 Å². The van der Waals surface area contributed by atoms with Crippen molar-refractivity contribution in [1.29, 1.82) is 0 Å². The van der Waals surface area contributed by atoms with Crippen LogP contribution in [0.25, 0.3) is 0 Å². The number of phenols is 1. The number of para-hydroxylation sites is 1. The molecule has 1 N–H and O–H groups in total. The number of halogens is 2. The van der Waals surface area contributed by atoms with Crippen molar-refractivity contribution in [3.63, 3.8) is 0 Å². The van der Waals surface area contributed by atoms with E-state index in [9.17, 15) is 24.3 Å². The maximum atomic E-state index is 14.0. The predicted molar refractivity (Wildman–Crippen MR) is 143 cm³/mol. The Morgan fingerprint density at radius 3 is 2.44 bits per heavy atom. The van der Waals surface area contributed by atoms with E-state index in [1.807, 2.05) is 6.08 Å². The molecule has 4 fully saturated rings. The van der Waals surface area contributed by atoms with Crippen LogP contribution in [0.15, 0.2) is 29.8 Å². The van der Waals surface area contributed by atoms with Crippen LogP contribution >= 0.6 is 23.2 Å². The van der Waals surface area contributed by atoms with Gasteiger partial charge in [-0.2, -0.15) is 0 Å². The van der Waals surface area contributed by atoms with Crippen LogP contribution < -0.4 is 4.74 Å². The number of amides is 4. The van der Waals surface area contributed by atoms with Crippen molar-refractivity contribution >= 4 is 46.8 Å². The number of imide groups is 2. The van der Waals surface area contributed by atoms with E-state index in [4.69, 9.17) is 27.9 Å². The molecule has 2 saturated heterocycles. The number of benzene rings is 1. The molecule has 8 nitrogen and oxygen atoms in total. The van der Waals surface area contributed by atoms with Crippen molar-refractivity contribution in [2.75, 3.05) is 13.7 Å². The Hall–Kier alpha value is -2.58. The minimum atomic E-state index is -1.94. The molecule has 0 spiro atoms. The molecule has 6 rings (SSSR count). The maximum absolute atomic E-state index is 14.0. The van der Waals surface area contributed by atoms with Gasteiger partial charge in [-0.05, 0) is 44.6 Å². The molecule has 3 aliphatic carbocycles. The van der Waals surface area contributed by atoms with Crippen LogP contribution in [0, 0.1) is 17.8 Å². The highest BCUT2D eigenvalue weighted by molar-refractivity contribution is 6.53. The number of aromatic hydroxyl groups is 1. The van der Waals surface area contributed by atoms with Gasteiger partial charge < -0.3 is 9.84 Å². The van der Waals surface area contributed by atoms with E-state index < -0.39 is 45.2 Å². The third-order valence-corrected chi connectivity index (χ3v) is 11.0. The lowest BCUT2D eigenvalue weighted by molar-refractivity contribution is -0.144. The van der Waals surface area contributed by atoms with E-state index in [0.717, 1.165) is 37.0 Å². The molecule has 1 aromatic carbocycles. The number of fused-ring (bicyclic) bond motifs is 4. The lowest BCUT2D eigenvalue weighted by Gasteiger charge is -2.50. The van der Waals surface area contributed by atoms with E-state index in [0.29, 0.717) is 24.2 Å². The molecule has 2 saturated carbocycles. The van der Waals surface area contributed by atoms with Crippen molar-refractivity contribution in [3.05, 3.63) is 35.4 Å². The Labute approximate surface area is 237 Å². The van der Waals surface area contributed by atoms with E-state index in [-0.39, 0.29) is 35.8 Å². The standard InChI is InChI=1S/C29H32Cl2N2O6/c1-3-39-20-11-7-10-18(23(20)34)22-16-12-13-17-21(25(36)33(24(17)35)15-8-5-4-6-9-15)19(16)14-28(30)26(37)32(2)27(38)29(22,28)31/h7,10-12,15,17,19,21-22,34H,3-6,8-9,13-14H2,1-2H3/t17-,19+,21-,22+,28+,29-/m0/s1. The normalized spacial score (nSPS) is 36.6. The summed E-state index contributed by atoms with van der Waals surface area (Å²) in [6.07, 6.45) is 6.78. The van der Waals surface area contributed by atoms with Gasteiger partial charge in [0.15, 0.2) is 21.2 Å². The van der Waals surface area contributed by atoms with Crippen molar-refractivity contribution in [3.8, 4) is 11.5 Å². The second-order valence-electron chi connectivity index (χ2n) is 11.5. The number of carbonyl (C=O) groups is 4. The summed E-state index contributed by atoms with van der Waals surface area (Å²) in [5, 5.41) is 11.3. The van der Waals surface area contributed by atoms with E-state index in [1.165, 1.54) is 11.9 Å². The molecule has 10 heteroatoms. The number of carbonyl (C=O) groups excluding carboxylic acids is 4. The Kier molecular flexibility index (Phi) is 6.30. The number of likely N-dealkylation sites (tertiary alicyclic amines) is 2. The van der Waals surface area contributed by atoms with Crippen molar-refractivity contribution in [1.82, 2.24) is 9.80 Å². The third kappa shape index (κ3) is 3.43. The molecule has 1 aromatic rings. The predicted octanol–water partition coefficient (Wildman–Crippen LogP) is 4.11. The molecule has 0 aromatic heterocycles. The zero-order valence-electron chi connectivity index (χ0n) is 22.0. The average molecular weight is 575 g/mol. The van der Waals surface area contributed by atoms with Crippen LogP contribution in [-0.2, 0) is 19.2 Å². The van der Waals surface area contributed by atoms with E-state index in [1.54, 1.807) is 25.1 Å². The van der Waals surface area contributed by atoms with Crippen molar-refractivity contribution in [2.24, 2.45) is 17.8 Å². The highest BCUT2D eigenvalue weighted by atomic mass is 35.5. The molecule has 4 amide bonds. The van der Waals surface area contributed by atoms with Gasteiger partial charge in [0.2, 0.25) is 11.8 Å². The van der Waals surface area contributed by atoms with Crippen LogP contribution in [0.1, 0.15) is 63.4 Å². The Bertz CT molecular complexity index is 1310. The summed E-state index contributed by atoms with van der Waals surface area (Å²) in [7, 11) is 1.35. The molecule has 0 radical (unpaired) electrons. The number of hydrogen-bond donors (Lipinski definition) is 1. The van der Waals surface area contributed by atoms with Gasteiger partial charge in [-0.15, -0.1) is 23.2 Å². The SMILES string of the molecule is CCOc1cccc([C@H]2C3=CC[C@@H]4C(=O)N(C5CCCCC5)C(=O)[C@@H]4[C@@H]3C[C@@]3(Cl)C(=O)N(C)C(=O)[C@@]23Cl)c1O. The summed E-state index contributed by atoms with van der Waals surface area (Å²) in [4.78, 5) is 53.5. The first-order valence-corrected chi connectivity index (χ1v) is 14.5. The smallest absolute Gasteiger partial charge is 0.253 e. The number of nitrogens with zero attached hydrogens (tertiary/aromatic N) is 2. The second-order valence-corrected chi connectivity index (χ2v) is 12.7. The molecule has 6 atom stereocenters. The quantitative estimate of drug-likeness (QED) is 0.329. The number of ether oxygens (including phenoxy) is 1. The zero-order valence-corrected chi connectivity index (χ0v) is 23.5. The first-order valence-electron chi connectivity index (χ1n) is 13.8. The number of alkyl halides is 2. The van der Waals surface area contributed by atoms with Gasteiger partial charge in [0.1, 0.15) is 0 Å². The monoisotopic (exact) mass is 574 g/mol. The largest absolute Gasteiger partial charge is 0.504 e. The highest BCUT2D eigenvalue weighted by Gasteiger charge is 2.76. The third-order valence-electron chi connectivity index (χ3n) is 9.63. The van der Waals surface area contributed by atoms with Crippen molar-refractivity contribution in [2.45, 2.75) is 73.6 Å². The first kappa shape index (κ1) is 26.6. The lowest BCUT2D eigenvalue weighted by Crippen LogP contribution is -2.60. The van der Waals surface area contributed by atoms with Gasteiger partial charge in [-0.25, -0.2) is 0 Å². The maximum Gasteiger partial charge on any atom is 0.253 e. The minimum Gasteiger partial charge on any atom is -0.504 e. The topological polar surface area (TPSA) is 104 Å². The molecule has 5 aliphatic rings. The molecule has 39 heavy (non-hydrogen) atoms. The summed E-state index contributed by atoms with van der Waals surface area (Å²) in [5.74, 6) is -4.53. The molecule has 208 valence electrons. The Balaban J connectivity index is 1.51. The van der Waals surface area contributed by atoms with Gasteiger partial charge >= 0.3 is 0 Å². The lowest BCUT2D eigenvalue weighted by atomic mass is 9.56. The van der Waals surface area contributed by atoms with Gasteiger partial charge in [-0.3, -0.25) is 29.0 Å². The van der Waals surface area contributed by atoms with Crippen LogP contribution in [0.3, 0.4) is 0 Å². The molecule has 0 unspecified atom stereocenters. The zero-order chi connectivity index (χ0) is 27.9. The van der Waals surface area contributed by atoms with E-state index >= 15 is 0 Å². The number of allylic oxidation sites excluding steroid dienone is 2. The fourth-order valence-electron chi connectivity index (χ4n) is 7.86. The first-order chi connectivity index (χ1) is 18.6. The van der Waals surface area contributed by atoms with Gasteiger partial charge in [0, 0.05) is 24.6 Å². The summed E-state index contributed by atoms with van der Waals surface area (Å²) in [6.45, 7) is 2.09. The number of hydrogen-bond acceptors (Lipinski definition) is 6. The average Bonchev–Trinajstić information content (AvgIpc) is 3.26. The summed E-state index contributed by atoms with van der Waals surface area (Å²) >= 11 is 14.4. The second kappa shape index (κ2) is 9.23. The highest BCUT2D eigenvalue weighted by Crippen LogP contribution is 2.66. The molecular weight excluding hydrogens is 543 g/mol. The number of phenolic OH excluding ortho intramolecular Hbond substituents is 1. The van der Waals surface area contributed by atoms with Crippen molar-refractivity contribution < 1.29 is 29.0 Å². The molecule has 2 heterocycles.